The van der Waals surface area contributed by atoms with Crippen molar-refractivity contribution in [1.82, 2.24) is 14.5 Å². The summed E-state index contributed by atoms with van der Waals surface area (Å²) < 4.78 is 1.52. The summed E-state index contributed by atoms with van der Waals surface area (Å²) >= 11 is 0. The summed E-state index contributed by atoms with van der Waals surface area (Å²) in [4.78, 5) is 18.3. The lowest BCUT2D eigenvalue weighted by Gasteiger charge is -2.32. The quantitative estimate of drug-likeness (QED) is 0.856. The van der Waals surface area contributed by atoms with Crippen LogP contribution in [0.3, 0.4) is 0 Å². The Labute approximate surface area is 142 Å². The summed E-state index contributed by atoms with van der Waals surface area (Å²) in [5.41, 5.74) is 13.0. The Morgan fingerprint density at radius 1 is 1.29 bits per heavy atom. The highest BCUT2D eigenvalue weighted by Crippen LogP contribution is 2.16. The third kappa shape index (κ3) is 4.01. The van der Waals surface area contributed by atoms with Crippen LogP contribution in [0.15, 0.2) is 41.3 Å². The third-order valence-corrected chi connectivity index (χ3v) is 4.67. The van der Waals surface area contributed by atoms with Gasteiger partial charge in [0.25, 0.3) is 0 Å². The van der Waals surface area contributed by atoms with Crippen LogP contribution in [0.1, 0.15) is 18.4 Å². The Morgan fingerprint density at radius 3 is 2.96 bits per heavy atom. The van der Waals surface area contributed by atoms with E-state index in [-0.39, 0.29) is 11.5 Å². The minimum absolute atomic E-state index is 0.243. The van der Waals surface area contributed by atoms with Gasteiger partial charge in [-0.05, 0) is 62.0 Å². The molecule has 4 N–H and O–H groups in total. The highest BCUT2D eigenvalue weighted by molar-refractivity contribution is 5.37. The predicted molar refractivity (Wildman–Crippen MR) is 96.2 cm³/mol. The van der Waals surface area contributed by atoms with Gasteiger partial charge in [0.1, 0.15) is 5.82 Å². The minimum atomic E-state index is -0.353. The summed E-state index contributed by atoms with van der Waals surface area (Å²) in [6.45, 7) is 4.04. The number of aromatic nitrogens is 2. The molecule has 6 nitrogen and oxygen atoms in total. The molecule has 1 saturated heterocycles. The molecule has 1 fully saturated rings. The first-order chi connectivity index (χ1) is 11.7. The maximum Gasteiger partial charge on any atom is 0.354 e. The van der Waals surface area contributed by atoms with E-state index >= 15 is 0 Å². The molecule has 0 radical (unpaired) electrons. The van der Waals surface area contributed by atoms with Crippen molar-refractivity contribution in [3.63, 3.8) is 0 Å². The van der Waals surface area contributed by atoms with Crippen molar-refractivity contribution in [2.75, 3.05) is 31.9 Å². The molecule has 3 rings (SSSR count). The van der Waals surface area contributed by atoms with Crippen molar-refractivity contribution in [3.05, 3.63) is 52.6 Å². The molecule has 0 saturated carbocycles. The first-order valence-electron chi connectivity index (χ1n) is 8.52. The second-order valence-electron chi connectivity index (χ2n) is 6.47. The molecule has 24 heavy (non-hydrogen) atoms. The summed E-state index contributed by atoms with van der Waals surface area (Å²) in [6, 6.07) is 9.67. The molecular weight excluding hydrogens is 302 g/mol. The van der Waals surface area contributed by atoms with E-state index in [1.54, 1.807) is 12.3 Å². The summed E-state index contributed by atoms with van der Waals surface area (Å²) in [7, 11) is 0. The van der Waals surface area contributed by atoms with E-state index in [1.165, 1.54) is 23.0 Å². The average Bonchev–Trinajstić information content (AvgIpc) is 2.60. The molecule has 0 bridgehead atoms. The third-order valence-electron chi connectivity index (χ3n) is 4.67. The monoisotopic (exact) mass is 327 g/mol. The van der Waals surface area contributed by atoms with E-state index in [4.69, 9.17) is 11.5 Å². The molecule has 2 heterocycles. The topological polar surface area (TPSA) is 90.2 Å². The molecule has 1 atom stereocenters. The van der Waals surface area contributed by atoms with Gasteiger partial charge >= 0.3 is 5.69 Å². The summed E-state index contributed by atoms with van der Waals surface area (Å²) in [5, 5.41) is 0. The molecule has 6 heteroatoms. The molecule has 1 unspecified atom stereocenters. The lowest BCUT2D eigenvalue weighted by atomic mass is 9.98. The smallest absolute Gasteiger partial charge is 0.354 e. The van der Waals surface area contributed by atoms with E-state index in [2.05, 4.69) is 16.0 Å². The van der Waals surface area contributed by atoms with Gasteiger partial charge in [-0.25, -0.2) is 4.79 Å². The van der Waals surface area contributed by atoms with Crippen LogP contribution >= 0.6 is 0 Å². The van der Waals surface area contributed by atoms with Crippen LogP contribution in [-0.4, -0.2) is 40.6 Å². The van der Waals surface area contributed by atoms with Crippen LogP contribution in [0.5, 0.6) is 0 Å². The van der Waals surface area contributed by atoms with Gasteiger partial charge in [-0.15, -0.1) is 0 Å². The lowest BCUT2D eigenvalue weighted by molar-refractivity contribution is 0.180. The molecule has 0 amide bonds. The minimum Gasteiger partial charge on any atom is -0.383 e. The van der Waals surface area contributed by atoms with E-state index in [0.29, 0.717) is 5.92 Å². The van der Waals surface area contributed by atoms with Gasteiger partial charge < -0.3 is 16.4 Å². The van der Waals surface area contributed by atoms with Crippen molar-refractivity contribution in [3.8, 4) is 5.69 Å². The predicted octanol–water partition coefficient (Wildman–Crippen LogP) is 1.03. The maximum absolute atomic E-state index is 12.0. The zero-order chi connectivity index (χ0) is 16.9. The number of nitrogens with zero attached hydrogens (tertiary/aromatic N) is 3. The number of nitrogens with two attached hydrogens (primary N) is 2. The second kappa shape index (κ2) is 7.59. The number of benzene rings is 1. The van der Waals surface area contributed by atoms with Gasteiger partial charge in [-0.1, -0.05) is 12.1 Å². The SMILES string of the molecule is NCC1CCCN(CCc2cccc(-n3ccc(N)nc3=O)c2)C1. The van der Waals surface area contributed by atoms with Gasteiger partial charge in [0.15, 0.2) is 0 Å². The van der Waals surface area contributed by atoms with Gasteiger partial charge in [-0.3, -0.25) is 4.57 Å². The molecule has 128 valence electrons. The highest BCUT2D eigenvalue weighted by atomic mass is 16.1. The Kier molecular flexibility index (Phi) is 5.27. The molecule has 1 aromatic carbocycles. The van der Waals surface area contributed by atoms with Crippen molar-refractivity contribution < 1.29 is 0 Å². The second-order valence-corrected chi connectivity index (χ2v) is 6.47. The van der Waals surface area contributed by atoms with Crippen molar-refractivity contribution in [2.24, 2.45) is 11.7 Å². The lowest BCUT2D eigenvalue weighted by Crippen LogP contribution is -2.39. The molecule has 0 aliphatic carbocycles. The molecule has 2 aromatic rings. The molecule has 1 aliphatic heterocycles. The first kappa shape index (κ1) is 16.7. The van der Waals surface area contributed by atoms with Crippen LogP contribution in [0.4, 0.5) is 5.82 Å². The van der Waals surface area contributed by atoms with Gasteiger partial charge in [0, 0.05) is 19.3 Å². The van der Waals surface area contributed by atoms with Crippen LogP contribution in [0, 0.1) is 5.92 Å². The average molecular weight is 327 g/mol. The van der Waals surface area contributed by atoms with Gasteiger partial charge in [0.05, 0.1) is 5.69 Å². The van der Waals surface area contributed by atoms with E-state index in [0.717, 1.165) is 38.3 Å². The molecular formula is C18H25N5O. The number of nitrogen functional groups attached to an aromatic ring is 1. The standard InChI is InChI=1S/C18H25N5O/c19-12-15-4-2-8-22(13-15)9-6-14-3-1-5-16(11-14)23-10-7-17(20)21-18(23)24/h1,3,5,7,10-11,15H,2,4,6,8-9,12-13,19H2,(H2,20,21,24). The zero-order valence-electron chi connectivity index (χ0n) is 13.9. The molecule has 1 aromatic heterocycles. The van der Waals surface area contributed by atoms with Crippen molar-refractivity contribution in [2.45, 2.75) is 19.3 Å². The number of hydrogen-bond acceptors (Lipinski definition) is 5. The molecule has 0 spiro atoms. The number of rotatable bonds is 5. The van der Waals surface area contributed by atoms with E-state index < -0.39 is 0 Å². The van der Waals surface area contributed by atoms with E-state index in [1.807, 2.05) is 18.2 Å². The van der Waals surface area contributed by atoms with Crippen molar-refractivity contribution >= 4 is 5.82 Å². The van der Waals surface area contributed by atoms with E-state index in [9.17, 15) is 4.79 Å². The largest absolute Gasteiger partial charge is 0.383 e. The van der Waals surface area contributed by atoms with Gasteiger partial charge in [0.2, 0.25) is 0 Å². The van der Waals surface area contributed by atoms with Crippen LogP contribution in [0.25, 0.3) is 5.69 Å². The fourth-order valence-electron chi connectivity index (χ4n) is 3.31. The Balaban J connectivity index is 1.68. The fraction of sp³-hybridized carbons (Fsp3) is 0.444. The number of piperidine rings is 1. The van der Waals surface area contributed by atoms with Crippen LogP contribution in [-0.2, 0) is 6.42 Å². The number of anilines is 1. The van der Waals surface area contributed by atoms with Crippen LogP contribution in [0.2, 0.25) is 0 Å². The highest BCUT2D eigenvalue weighted by Gasteiger charge is 2.18. The Bertz CT molecular complexity index is 742. The fourth-order valence-corrected chi connectivity index (χ4v) is 3.31. The summed E-state index contributed by atoms with van der Waals surface area (Å²) in [5.74, 6) is 0.872. The number of likely N-dealkylation sites (tertiary alicyclic amines) is 1. The normalized spacial score (nSPS) is 18.6. The summed E-state index contributed by atoms with van der Waals surface area (Å²) in [6.07, 6.45) is 5.10. The first-order valence-corrected chi connectivity index (χ1v) is 8.52. The maximum atomic E-state index is 12.0. The number of hydrogen-bond donors (Lipinski definition) is 2. The van der Waals surface area contributed by atoms with Gasteiger partial charge in [-0.2, -0.15) is 4.98 Å². The Morgan fingerprint density at radius 2 is 2.17 bits per heavy atom. The van der Waals surface area contributed by atoms with Crippen molar-refractivity contribution in [1.29, 1.82) is 0 Å². The van der Waals surface area contributed by atoms with Crippen LogP contribution < -0.4 is 17.2 Å². The Hall–Kier alpha value is -2.18. The zero-order valence-corrected chi connectivity index (χ0v) is 13.9. The molecule has 1 aliphatic rings.